The summed E-state index contributed by atoms with van der Waals surface area (Å²) < 4.78 is 14.0. The quantitative estimate of drug-likeness (QED) is 0.442. The molecule has 1 atom stereocenters. The van der Waals surface area contributed by atoms with Gasteiger partial charge in [0.05, 0.1) is 0 Å². The molecule has 0 heterocycles. The van der Waals surface area contributed by atoms with Crippen LogP contribution in [0.15, 0.2) is 18.2 Å². The van der Waals surface area contributed by atoms with Crippen molar-refractivity contribution in [3.8, 4) is 0 Å². The highest BCUT2D eigenvalue weighted by Gasteiger charge is 2.10. The molecule has 2 N–H and O–H groups in total. The predicted octanol–water partition coefficient (Wildman–Crippen LogP) is 5.57. The summed E-state index contributed by atoms with van der Waals surface area (Å²) in [5.41, 5.74) is 7.26. The maximum Gasteiger partial charge on any atom is 0.124 e. The monoisotopic (exact) mass is 377 g/mol. The number of hydrogen-bond acceptors (Lipinski definition) is 1. The van der Waals surface area contributed by atoms with E-state index in [4.69, 9.17) is 5.73 Å². The molecule has 0 aliphatic carbocycles. The van der Waals surface area contributed by atoms with Gasteiger partial charge in [-0.2, -0.15) is 0 Å². The summed E-state index contributed by atoms with van der Waals surface area (Å²) in [6, 6.07) is 4.93. The Balaban J connectivity index is 2.22. The van der Waals surface area contributed by atoms with Gasteiger partial charge in [0.25, 0.3) is 0 Å². The Morgan fingerprint density at radius 1 is 1.11 bits per heavy atom. The van der Waals surface area contributed by atoms with Gasteiger partial charge in [-0.1, -0.05) is 57.9 Å². The molecule has 108 valence electrons. The summed E-state index contributed by atoms with van der Waals surface area (Å²) in [5.74, 6) is -0.184. The lowest BCUT2D eigenvalue weighted by atomic mass is 10.0. The summed E-state index contributed by atoms with van der Waals surface area (Å²) >= 11 is 2.16. The van der Waals surface area contributed by atoms with Crippen LogP contribution in [-0.4, -0.2) is 0 Å². The molecular weight excluding hydrogens is 352 g/mol. The zero-order valence-electron chi connectivity index (χ0n) is 11.8. The average Bonchev–Trinajstić information content (AvgIpc) is 2.37. The largest absolute Gasteiger partial charge is 0.324 e. The fraction of sp³-hybridized carbons (Fsp3) is 0.625. The summed E-state index contributed by atoms with van der Waals surface area (Å²) in [4.78, 5) is 0. The molecule has 0 spiro atoms. The maximum absolute atomic E-state index is 13.0. The molecule has 3 heteroatoms. The molecule has 0 amide bonds. The van der Waals surface area contributed by atoms with Crippen molar-refractivity contribution in [2.45, 2.75) is 64.3 Å². The lowest BCUT2D eigenvalue weighted by Gasteiger charge is -2.13. The zero-order valence-corrected chi connectivity index (χ0v) is 14.0. The average molecular weight is 377 g/mol. The fourth-order valence-electron chi connectivity index (χ4n) is 2.28. The van der Waals surface area contributed by atoms with Crippen LogP contribution in [-0.2, 0) is 0 Å². The van der Waals surface area contributed by atoms with Crippen molar-refractivity contribution in [1.82, 2.24) is 0 Å². The van der Waals surface area contributed by atoms with E-state index in [0.29, 0.717) is 0 Å². The number of hydrogen-bond donors (Lipinski definition) is 1. The standard InChI is InChI=1S/C16H25FIN/c1-2-3-4-5-6-7-8-9-16(19)14-11-10-13(17)12-15(14)18/h10-12,16H,2-9,19H2,1H3. The fourth-order valence-corrected chi connectivity index (χ4v) is 3.16. The lowest BCUT2D eigenvalue weighted by Crippen LogP contribution is -2.11. The van der Waals surface area contributed by atoms with Crippen molar-refractivity contribution in [3.63, 3.8) is 0 Å². The van der Waals surface area contributed by atoms with Gasteiger partial charge < -0.3 is 5.73 Å². The van der Waals surface area contributed by atoms with Crippen molar-refractivity contribution in [3.05, 3.63) is 33.1 Å². The molecule has 1 aromatic rings. The number of rotatable bonds is 9. The van der Waals surface area contributed by atoms with Gasteiger partial charge in [0.2, 0.25) is 0 Å². The van der Waals surface area contributed by atoms with Crippen LogP contribution in [0.5, 0.6) is 0 Å². The molecule has 19 heavy (non-hydrogen) atoms. The van der Waals surface area contributed by atoms with Crippen LogP contribution in [0.1, 0.15) is 69.9 Å². The summed E-state index contributed by atoms with van der Waals surface area (Å²) in [6.45, 7) is 2.24. The van der Waals surface area contributed by atoms with Gasteiger partial charge in [-0.05, 0) is 46.7 Å². The molecule has 0 saturated heterocycles. The SMILES string of the molecule is CCCCCCCCCC(N)c1ccc(F)cc1I. The smallest absolute Gasteiger partial charge is 0.124 e. The van der Waals surface area contributed by atoms with Crippen molar-refractivity contribution in [2.24, 2.45) is 5.73 Å². The molecule has 0 aliphatic heterocycles. The summed E-state index contributed by atoms with van der Waals surface area (Å²) in [6.07, 6.45) is 10.1. The molecule has 0 saturated carbocycles. The number of benzene rings is 1. The number of halogens is 2. The molecule has 1 aromatic carbocycles. The number of nitrogens with two attached hydrogens (primary N) is 1. The Kier molecular flexibility index (Phi) is 8.62. The first-order chi connectivity index (χ1) is 9.15. The van der Waals surface area contributed by atoms with Crippen molar-refractivity contribution < 1.29 is 4.39 Å². The maximum atomic E-state index is 13.0. The minimum absolute atomic E-state index is 0.0446. The highest BCUT2D eigenvalue weighted by Crippen LogP contribution is 2.23. The van der Waals surface area contributed by atoms with Gasteiger partial charge in [-0.25, -0.2) is 4.39 Å². The molecule has 0 aliphatic rings. The molecular formula is C16H25FIN. The molecule has 0 radical (unpaired) electrons. The second kappa shape index (κ2) is 9.70. The van der Waals surface area contributed by atoms with Crippen molar-refractivity contribution >= 4 is 22.6 Å². The highest BCUT2D eigenvalue weighted by molar-refractivity contribution is 14.1. The highest BCUT2D eigenvalue weighted by atomic mass is 127. The van der Waals surface area contributed by atoms with E-state index >= 15 is 0 Å². The van der Waals surface area contributed by atoms with Gasteiger partial charge in [-0.3, -0.25) is 0 Å². The minimum Gasteiger partial charge on any atom is -0.324 e. The second-order valence-corrected chi connectivity index (χ2v) is 6.34. The van der Waals surface area contributed by atoms with E-state index in [1.165, 1.54) is 51.0 Å². The van der Waals surface area contributed by atoms with Crippen LogP contribution in [0.25, 0.3) is 0 Å². The minimum atomic E-state index is -0.184. The van der Waals surface area contributed by atoms with Crippen molar-refractivity contribution in [1.29, 1.82) is 0 Å². The summed E-state index contributed by atoms with van der Waals surface area (Å²) in [5, 5.41) is 0. The van der Waals surface area contributed by atoms with E-state index < -0.39 is 0 Å². The Labute approximate surface area is 130 Å². The molecule has 1 rings (SSSR count). The Bertz CT molecular complexity index is 368. The van der Waals surface area contributed by atoms with Gasteiger partial charge in [0.15, 0.2) is 0 Å². The Morgan fingerprint density at radius 2 is 1.74 bits per heavy atom. The van der Waals surface area contributed by atoms with Gasteiger partial charge in [0, 0.05) is 9.61 Å². The Hall–Kier alpha value is -0.160. The van der Waals surface area contributed by atoms with Crippen LogP contribution >= 0.6 is 22.6 Å². The van der Waals surface area contributed by atoms with Crippen molar-refractivity contribution in [2.75, 3.05) is 0 Å². The molecule has 0 aromatic heterocycles. The van der Waals surface area contributed by atoms with E-state index in [1.54, 1.807) is 6.07 Å². The molecule has 0 fully saturated rings. The summed E-state index contributed by atoms with van der Waals surface area (Å²) in [7, 11) is 0. The third-order valence-electron chi connectivity index (χ3n) is 3.48. The molecule has 1 nitrogen and oxygen atoms in total. The van der Waals surface area contributed by atoms with Crippen LogP contribution < -0.4 is 5.73 Å². The van der Waals surface area contributed by atoms with Crippen LogP contribution in [0, 0.1) is 9.39 Å². The third-order valence-corrected chi connectivity index (χ3v) is 4.41. The Morgan fingerprint density at radius 3 is 2.37 bits per heavy atom. The number of unbranched alkanes of at least 4 members (excludes halogenated alkanes) is 6. The second-order valence-electron chi connectivity index (χ2n) is 5.18. The van der Waals surface area contributed by atoms with E-state index in [9.17, 15) is 4.39 Å². The van der Waals surface area contributed by atoms with Crippen LogP contribution in [0.4, 0.5) is 4.39 Å². The molecule has 1 unspecified atom stereocenters. The van der Waals surface area contributed by atoms with Gasteiger partial charge >= 0.3 is 0 Å². The van der Waals surface area contributed by atoms with Gasteiger partial charge in [-0.15, -0.1) is 0 Å². The normalized spacial score (nSPS) is 12.6. The first-order valence-corrected chi connectivity index (χ1v) is 8.43. The van der Waals surface area contributed by atoms with Crippen LogP contribution in [0.3, 0.4) is 0 Å². The van der Waals surface area contributed by atoms with E-state index in [0.717, 1.165) is 15.6 Å². The van der Waals surface area contributed by atoms with Crippen LogP contribution in [0.2, 0.25) is 0 Å². The van der Waals surface area contributed by atoms with Gasteiger partial charge in [0.1, 0.15) is 5.82 Å². The van der Waals surface area contributed by atoms with E-state index in [-0.39, 0.29) is 11.9 Å². The first kappa shape index (κ1) is 16.9. The predicted molar refractivity (Wildman–Crippen MR) is 88.7 cm³/mol. The van der Waals surface area contributed by atoms with E-state index in [1.807, 2.05) is 6.07 Å². The first-order valence-electron chi connectivity index (χ1n) is 7.35. The third kappa shape index (κ3) is 6.70. The zero-order chi connectivity index (χ0) is 14.1. The topological polar surface area (TPSA) is 26.0 Å². The van der Waals surface area contributed by atoms with E-state index in [2.05, 4.69) is 29.5 Å². The lowest BCUT2D eigenvalue weighted by molar-refractivity contribution is 0.539. The molecule has 0 bridgehead atoms.